The zero-order valence-electron chi connectivity index (χ0n) is 9.49. The topological polar surface area (TPSA) is 92.4 Å². The Morgan fingerprint density at radius 1 is 1.40 bits per heavy atom. The van der Waals surface area contributed by atoms with Crippen LogP contribution in [0.1, 0.15) is 33.6 Å². The van der Waals surface area contributed by atoms with E-state index in [9.17, 15) is 9.59 Å². The number of carboxylic acid groups (broad SMARTS) is 1. The van der Waals surface area contributed by atoms with E-state index < -0.39 is 12.0 Å². The third-order valence-corrected chi connectivity index (χ3v) is 2.30. The van der Waals surface area contributed by atoms with Gasteiger partial charge in [-0.2, -0.15) is 0 Å². The molecule has 0 heterocycles. The van der Waals surface area contributed by atoms with E-state index in [1.54, 1.807) is 0 Å². The van der Waals surface area contributed by atoms with Crippen molar-refractivity contribution in [2.75, 3.05) is 0 Å². The molecule has 88 valence electrons. The molecule has 4 N–H and O–H groups in total. The summed E-state index contributed by atoms with van der Waals surface area (Å²) in [4.78, 5) is 22.0. The number of nitrogens with one attached hydrogen (secondary N) is 1. The minimum Gasteiger partial charge on any atom is -0.481 e. The summed E-state index contributed by atoms with van der Waals surface area (Å²) in [6, 6.07) is -0.910. The Hall–Kier alpha value is -1.10. The quantitative estimate of drug-likeness (QED) is 0.597. The molecule has 0 saturated carbocycles. The van der Waals surface area contributed by atoms with Gasteiger partial charge in [0.2, 0.25) is 5.91 Å². The predicted molar refractivity (Wildman–Crippen MR) is 57.3 cm³/mol. The Balaban J connectivity index is 4.28. The fourth-order valence-corrected chi connectivity index (χ4v) is 1.12. The van der Waals surface area contributed by atoms with Crippen LogP contribution in [0.4, 0.5) is 0 Å². The van der Waals surface area contributed by atoms with E-state index in [-0.39, 0.29) is 24.3 Å². The highest BCUT2D eigenvalue weighted by Crippen LogP contribution is 2.06. The standard InChI is InChI=1S/C10H20N2O3/c1-4-7(11)10(15)12-8(6(2)3)5-9(13)14/h6-8H,4-5,11H2,1-3H3,(H,12,15)(H,13,14). The normalized spacial score (nSPS) is 14.7. The number of hydrogen-bond donors (Lipinski definition) is 3. The minimum absolute atomic E-state index is 0.0696. The molecule has 0 radical (unpaired) electrons. The van der Waals surface area contributed by atoms with Crippen molar-refractivity contribution in [2.24, 2.45) is 11.7 Å². The molecular weight excluding hydrogens is 196 g/mol. The molecule has 5 nitrogen and oxygen atoms in total. The summed E-state index contributed by atoms with van der Waals surface area (Å²) in [5.74, 6) is -1.12. The van der Waals surface area contributed by atoms with E-state index in [0.717, 1.165) is 0 Å². The van der Waals surface area contributed by atoms with Crippen LogP contribution in [0.25, 0.3) is 0 Å². The van der Waals surface area contributed by atoms with Gasteiger partial charge < -0.3 is 16.2 Å². The molecule has 0 aliphatic heterocycles. The molecular formula is C10H20N2O3. The van der Waals surface area contributed by atoms with Gasteiger partial charge in [-0.05, 0) is 12.3 Å². The number of rotatable bonds is 6. The minimum atomic E-state index is -0.918. The Morgan fingerprint density at radius 2 is 1.93 bits per heavy atom. The zero-order chi connectivity index (χ0) is 12.0. The van der Waals surface area contributed by atoms with Crippen LogP contribution in [0, 0.1) is 5.92 Å². The van der Waals surface area contributed by atoms with Gasteiger partial charge in [-0.15, -0.1) is 0 Å². The van der Waals surface area contributed by atoms with Gasteiger partial charge in [-0.25, -0.2) is 0 Å². The number of nitrogens with two attached hydrogens (primary N) is 1. The molecule has 5 heteroatoms. The maximum absolute atomic E-state index is 11.4. The van der Waals surface area contributed by atoms with Crippen molar-refractivity contribution in [3.05, 3.63) is 0 Å². The SMILES string of the molecule is CCC(N)C(=O)NC(CC(=O)O)C(C)C. The summed E-state index contributed by atoms with van der Waals surface area (Å²) in [6.07, 6.45) is 0.476. The van der Waals surface area contributed by atoms with Crippen LogP contribution in [0.2, 0.25) is 0 Å². The van der Waals surface area contributed by atoms with Crippen molar-refractivity contribution in [1.29, 1.82) is 0 Å². The summed E-state index contributed by atoms with van der Waals surface area (Å²) in [6.45, 7) is 5.54. The largest absolute Gasteiger partial charge is 0.481 e. The molecule has 1 amide bonds. The van der Waals surface area contributed by atoms with Crippen molar-refractivity contribution in [1.82, 2.24) is 5.32 Å². The zero-order valence-corrected chi connectivity index (χ0v) is 9.49. The molecule has 0 spiro atoms. The third-order valence-electron chi connectivity index (χ3n) is 2.30. The number of aliphatic carboxylic acids is 1. The van der Waals surface area contributed by atoms with E-state index >= 15 is 0 Å². The Morgan fingerprint density at radius 3 is 2.27 bits per heavy atom. The van der Waals surface area contributed by atoms with Crippen LogP contribution in [0.15, 0.2) is 0 Å². The van der Waals surface area contributed by atoms with E-state index in [4.69, 9.17) is 10.8 Å². The first kappa shape index (κ1) is 13.9. The fraction of sp³-hybridized carbons (Fsp3) is 0.800. The molecule has 0 rings (SSSR count). The van der Waals surface area contributed by atoms with E-state index in [0.29, 0.717) is 6.42 Å². The van der Waals surface area contributed by atoms with Gasteiger partial charge in [-0.3, -0.25) is 9.59 Å². The van der Waals surface area contributed by atoms with Crippen LogP contribution in [-0.2, 0) is 9.59 Å². The Kier molecular flexibility index (Phi) is 5.93. The summed E-state index contributed by atoms with van der Waals surface area (Å²) in [5, 5.41) is 11.3. The van der Waals surface area contributed by atoms with Crippen molar-refractivity contribution in [3.63, 3.8) is 0 Å². The van der Waals surface area contributed by atoms with E-state index in [2.05, 4.69) is 5.32 Å². The first-order chi connectivity index (χ1) is 6.88. The van der Waals surface area contributed by atoms with Crippen LogP contribution in [0.5, 0.6) is 0 Å². The molecule has 15 heavy (non-hydrogen) atoms. The van der Waals surface area contributed by atoms with Crippen LogP contribution in [0.3, 0.4) is 0 Å². The predicted octanol–water partition coefficient (Wildman–Crippen LogP) is 0.339. The smallest absolute Gasteiger partial charge is 0.305 e. The molecule has 0 aromatic rings. The average Bonchev–Trinajstić information content (AvgIpc) is 2.14. The highest BCUT2D eigenvalue weighted by molar-refractivity contribution is 5.82. The van der Waals surface area contributed by atoms with Gasteiger partial charge in [0, 0.05) is 6.04 Å². The van der Waals surface area contributed by atoms with Gasteiger partial charge >= 0.3 is 5.97 Å². The van der Waals surface area contributed by atoms with Gasteiger partial charge in [-0.1, -0.05) is 20.8 Å². The van der Waals surface area contributed by atoms with Gasteiger partial charge in [0.15, 0.2) is 0 Å². The van der Waals surface area contributed by atoms with Gasteiger partial charge in [0.1, 0.15) is 0 Å². The lowest BCUT2D eigenvalue weighted by molar-refractivity contribution is -0.138. The molecule has 2 unspecified atom stereocenters. The lowest BCUT2D eigenvalue weighted by Gasteiger charge is -2.22. The molecule has 0 aromatic carbocycles. The lowest BCUT2D eigenvalue weighted by atomic mass is 10.0. The molecule has 0 aromatic heterocycles. The lowest BCUT2D eigenvalue weighted by Crippen LogP contribution is -2.47. The Labute approximate surface area is 90.0 Å². The highest BCUT2D eigenvalue weighted by Gasteiger charge is 2.21. The van der Waals surface area contributed by atoms with Crippen LogP contribution in [-0.4, -0.2) is 29.1 Å². The Bertz CT molecular complexity index is 229. The monoisotopic (exact) mass is 216 g/mol. The average molecular weight is 216 g/mol. The van der Waals surface area contributed by atoms with Gasteiger partial charge in [0.05, 0.1) is 12.5 Å². The highest BCUT2D eigenvalue weighted by atomic mass is 16.4. The molecule has 0 saturated heterocycles. The maximum atomic E-state index is 11.4. The number of carboxylic acids is 1. The van der Waals surface area contributed by atoms with Gasteiger partial charge in [0.25, 0.3) is 0 Å². The van der Waals surface area contributed by atoms with Crippen LogP contribution >= 0.6 is 0 Å². The first-order valence-corrected chi connectivity index (χ1v) is 5.16. The summed E-state index contributed by atoms with van der Waals surface area (Å²) >= 11 is 0. The van der Waals surface area contributed by atoms with Crippen molar-refractivity contribution in [3.8, 4) is 0 Å². The van der Waals surface area contributed by atoms with Crippen molar-refractivity contribution in [2.45, 2.75) is 45.7 Å². The molecule has 0 fully saturated rings. The fourth-order valence-electron chi connectivity index (χ4n) is 1.12. The first-order valence-electron chi connectivity index (χ1n) is 5.16. The summed E-state index contributed by atoms with van der Waals surface area (Å²) < 4.78 is 0. The second-order valence-electron chi connectivity index (χ2n) is 3.97. The summed E-state index contributed by atoms with van der Waals surface area (Å²) in [7, 11) is 0. The number of amides is 1. The molecule has 0 aliphatic rings. The third kappa shape index (κ3) is 5.37. The summed E-state index contributed by atoms with van der Waals surface area (Å²) in [5.41, 5.74) is 5.54. The van der Waals surface area contributed by atoms with E-state index in [1.807, 2.05) is 20.8 Å². The number of carbonyl (C=O) groups excluding carboxylic acids is 1. The molecule has 2 atom stereocenters. The maximum Gasteiger partial charge on any atom is 0.305 e. The molecule has 0 aliphatic carbocycles. The van der Waals surface area contributed by atoms with Crippen LogP contribution < -0.4 is 11.1 Å². The van der Waals surface area contributed by atoms with E-state index in [1.165, 1.54) is 0 Å². The van der Waals surface area contributed by atoms with Crippen molar-refractivity contribution >= 4 is 11.9 Å². The second kappa shape index (κ2) is 6.40. The number of hydrogen-bond acceptors (Lipinski definition) is 3. The second-order valence-corrected chi connectivity index (χ2v) is 3.97. The molecule has 0 bridgehead atoms. The number of carbonyl (C=O) groups is 2. The van der Waals surface area contributed by atoms with Crippen molar-refractivity contribution < 1.29 is 14.7 Å².